The van der Waals surface area contributed by atoms with Crippen LogP contribution < -0.4 is 0 Å². The molecule has 33 heavy (non-hydrogen) atoms. The van der Waals surface area contributed by atoms with Gasteiger partial charge in [0, 0.05) is 39.0 Å². The molecular weight excluding hydrogens is 421 g/mol. The van der Waals surface area contributed by atoms with Gasteiger partial charge in [-0.1, -0.05) is 19.3 Å². The van der Waals surface area contributed by atoms with Crippen LogP contribution in [0.2, 0.25) is 0 Å². The average molecular weight is 450 g/mol. The largest absolute Gasteiger partial charge is 0.334 e. The van der Waals surface area contributed by atoms with Crippen LogP contribution in [0, 0.1) is 5.82 Å². The second kappa shape index (κ2) is 8.50. The lowest BCUT2D eigenvalue weighted by molar-refractivity contribution is -0.141. The number of amides is 2. The Labute approximate surface area is 192 Å². The summed E-state index contributed by atoms with van der Waals surface area (Å²) in [5, 5.41) is 4.50. The fourth-order valence-electron chi connectivity index (χ4n) is 5.44. The second-order valence-corrected chi connectivity index (χ2v) is 9.04. The van der Waals surface area contributed by atoms with Crippen molar-refractivity contribution in [3.05, 3.63) is 66.4 Å². The molecule has 1 saturated heterocycles. The van der Waals surface area contributed by atoms with Crippen molar-refractivity contribution >= 4 is 11.8 Å². The molecule has 0 atom stereocenters. The summed E-state index contributed by atoms with van der Waals surface area (Å²) in [4.78, 5) is 30.1. The Morgan fingerprint density at radius 2 is 1.70 bits per heavy atom. The molecule has 8 heteroatoms. The minimum absolute atomic E-state index is 0.0844. The van der Waals surface area contributed by atoms with E-state index in [9.17, 15) is 14.0 Å². The highest BCUT2D eigenvalue weighted by Crippen LogP contribution is 2.37. The van der Waals surface area contributed by atoms with Crippen LogP contribution in [-0.4, -0.2) is 61.1 Å². The molecule has 172 valence electrons. The Morgan fingerprint density at radius 1 is 1.00 bits per heavy atom. The molecule has 1 spiro atoms. The van der Waals surface area contributed by atoms with Gasteiger partial charge >= 0.3 is 0 Å². The van der Waals surface area contributed by atoms with Gasteiger partial charge in [0.15, 0.2) is 5.82 Å². The van der Waals surface area contributed by atoms with E-state index in [-0.39, 0.29) is 23.2 Å². The van der Waals surface area contributed by atoms with E-state index in [1.807, 2.05) is 38.9 Å². The first-order valence-electron chi connectivity index (χ1n) is 11.5. The quantitative estimate of drug-likeness (QED) is 0.611. The zero-order valence-corrected chi connectivity index (χ0v) is 18.8. The lowest BCUT2D eigenvalue weighted by Crippen LogP contribution is -2.65. The van der Waals surface area contributed by atoms with Gasteiger partial charge in [-0.3, -0.25) is 9.59 Å². The number of benzene rings is 1. The summed E-state index contributed by atoms with van der Waals surface area (Å²) in [6.45, 7) is 3.21. The fourth-order valence-corrected chi connectivity index (χ4v) is 5.44. The summed E-state index contributed by atoms with van der Waals surface area (Å²) in [5.41, 5.74) is 0.875. The van der Waals surface area contributed by atoms with E-state index in [1.165, 1.54) is 18.6 Å². The molecule has 2 aromatic heterocycles. The molecule has 1 saturated carbocycles. The van der Waals surface area contributed by atoms with Gasteiger partial charge in [-0.05, 0) is 49.2 Å². The first kappa shape index (κ1) is 21.4. The van der Waals surface area contributed by atoms with Gasteiger partial charge in [-0.25, -0.2) is 9.07 Å². The number of halogens is 1. The number of rotatable bonds is 3. The van der Waals surface area contributed by atoms with Crippen LogP contribution in [0.25, 0.3) is 11.5 Å². The maximum atomic E-state index is 13.8. The van der Waals surface area contributed by atoms with Gasteiger partial charge in [0.25, 0.3) is 5.91 Å². The normalized spacial score (nSPS) is 18.0. The highest BCUT2D eigenvalue weighted by atomic mass is 19.1. The molecule has 2 amide bonds. The molecule has 7 nitrogen and oxygen atoms in total. The highest BCUT2D eigenvalue weighted by Gasteiger charge is 2.45. The topological polar surface area (TPSA) is 63.4 Å². The van der Waals surface area contributed by atoms with Crippen molar-refractivity contribution in [3.63, 3.8) is 0 Å². The molecule has 0 unspecified atom stereocenters. The summed E-state index contributed by atoms with van der Waals surface area (Å²) in [6, 6.07) is 9.83. The SMILES string of the molecule is CC(=O)N1CCN(C(=O)c2cnn(-c3ccc(F)cc3)c2-n2cccc2)CC12CCCCC2. The Balaban J connectivity index is 1.51. The summed E-state index contributed by atoms with van der Waals surface area (Å²) in [6.07, 6.45) is 10.5. The first-order valence-corrected chi connectivity index (χ1v) is 11.5. The van der Waals surface area contributed by atoms with Crippen LogP contribution in [-0.2, 0) is 4.79 Å². The van der Waals surface area contributed by atoms with Gasteiger partial charge in [-0.15, -0.1) is 0 Å². The lowest BCUT2D eigenvalue weighted by Gasteiger charge is -2.52. The predicted octanol–water partition coefficient (Wildman–Crippen LogP) is 3.81. The zero-order chi connectivity index (χ0) is 23.0. The van der Waals surface area contributed by atoms with Gasteiger partial charge in [-0.2, -0.15) is 5.10 Å². The standard InChI is InChI=1S/C25H28FN5O2/c1-19(32)30-16-15-29(18-25(30)11-3-2-4-12-25)24(33)22-17-27-31(21-9-7-20(26)8-10-21)23(22)28-13-5-6-14-28/h5-10,13-14,17H,2-4,11-12,15-16,18H2,1H3. The van der Waals surface area contributed by atoms with Gasteiger partial charge in [0.05, 0.1) is 17.4 Å². The van der Waals surface area contributed by atoms with E-state index >= 15 is 0 Å². The molecule has 3 aromatic rings. The van der Waals surface area contributed by atoms with Crippen LogP contribution >= 0.6 is 0 Å². The number of carbonyl (C=O) groups is 2. The smallest absolute Gasteiger partial charge is 0.259 e. The molecule has 1 aromatic carbocycles. The molecule has 2 aliphatic rings. The van der Waals surface area contributed by atoms with E-state index < -0.39 is 0 Å². The molecule has 0 N–H and O–H groups in total. The van der Waals surface area contributed by atoms with Gasteiger partial charge in [0.2, 0.25) is 5.91 Å². The molecule has 0 bridgehead atoms. The third kappa shape index (κ3) is 3.83. The maximum absolute atomic E-state index is 13.8. The molecule has 0 radical (unpaired) electrons. The van der Waals surface area contributed by atoms with Gasteiger partial charge in [0.1, 0.15) is 11.4 Å². The minimum atomic E-state index is -0.328. The van der Waals surface area contributed by atoms with Crippen LogP contribution in [0.5, 0.6) is 0 Å². The Hall–Kier alpha value is -3.42. The second-order valence-electron chi connectivity index (χ2n) is 9.04. The highest BCUT2D eigenvalue weighted by molar-refractivity contribution is 5.97. The number of aromatic nitrogens is 3. The van der Waals surface area contributed by atoms with Crippen molar-refractivity contribution in [2.75, 3.05) is 19.6 Å². The van der Waals surface area contributed by atoms with Crippen LogP contribution in [0.3, 0.4) is 0 Å². The number of carbonyl (C=O) groups excluding carboxylic acids is 2. The molecule has 2 fully saturated rings. The van der Waals surface area contributed by atoms with Crippen molar-refractivity contribution in [3.8, 4) is 11.5 Å². The third-order valence-electron chi connectivity index (χ3n) is 7.00. The molecule has 1 aliphatic carbocycles. The first-order chi connectivity index (χ1) is 16.0. The van der Waals surface area contributed by atoms with Crippen molar-refractivity contribution in [1.29, 1.82) is 0 Å². The zero-order valence-electron chi connectivity index (χ0n) is 18.8. The number of piperazine rings is 1. The Morgan fingerprint density at radius 3 is 2.36 bits per heavy atom. The fraction of sp³-hybridized carbons (Fsp3) is 0.400. The lowest BCUT2D eigenvalue weighted by atomic mass is 9.78. The maximum Gasteiger partial charge on any atom is 0.259 e. The molecule has 3 heterocycles. The average Bonchev–Trinajstić information content (AvgIpc) is 3.49. The summed E-state index contributed by atoms with van der Waals surface area (Å²) in [5.74, 6) is 0.274. The van der Waals surface area contributed by atoms with E-state index in [0.29, 0.717) is 36.7 Å². The minimum Gasteiger partial charge on any atom is -0.334 e. The summed E-state index contributed by atoms with van der Waals surface area (Å²) >= 11 is 0. The van der Waals surface area contributed by atoms with E-state index in [2.05, 4.69) is 5.10 Å². The van der Waals surface area contributed by atoms with E-state index in [1.54, 1.807) is 29.9 Å². The van der Waals surface area contributed by atoms with Crippen LogP contribution in [0.15, 0.2) is 55.0 Å². The Bertz CT molecular complexity index is 1150. The predicted molar refractivity (Wildman–Crippen MR) is 122 cm³/mol. The number of hydrogen-bond donors (Lipinski definition) is 0. The van der Waals surface area contributed by atoms with Crippen molar-refractivity contribution in [2.45, 2.75) is 44.6 Å². The third-order valence-corrected chi connectivity index (χ3v) is 7.00. The van der Waals surface area contributed by atoms with Gasteiger partial charge < -0.3 is 14.4 Å². The summed E-state index contributed by atoms with van der Waals surface area (Å²) < 4.78 is 17.0. The van der Waals surface area contributed by atoms with Crippen molar-refractivity contribution in [1.82, 2.24) is 24.1 Å². The molecule has 1 aliphatic heterocycles. The summed E-state index contributed by atoms with van der Waals surface area (Å²) in [7, 11) is 0. The van der Waals surface area contributed by atoms with Crippen LogP contribution in [0.4, 0.5) is 4.39 Å². The van der Waals surface area contributed by atoms with Crippen molar-refractivity contribution < 1.29 is 14.0 Å². The number of hydrogen-bond acceptors (Lipinski definition) is 3. The molecular formula is C25H28FN5O2. The van der Waals surface area contributed by atoms with Crippen LogP contribution in [0.1, 0.15) is 49.4 Å². The van der Waals surface area contributed by atoms with E-state index in [0.717, 1.165) is 25.7 Å². The Kier molecular flexibility index (Phi) is 5.52. The van der Waals surface area contributed by atoms with E-state index in [4.69, 9.17) is 0 Å². The van der Waals surface area contributed by atoms with Crippen molar-refractivity contribution in [2.24, 2.45) is 0 Å². The monoisotopic (exact) mass is 449 g/mol. The molecule has 5 rings (SSSR count). The number of nitrogens with zero attached hydrogens (tertiary/aromatic N) is 5.